The van der Waals surface area contributed by atoms with Crippen LogP contribution in [-0.2, 0) is 11.0 Å². The maximum Gasteiger partial charge on any atom is 0.245 e. The number of aliphatic hydroxyl groups is 1. The predicted molar refractivity (Wildman–Crippen MR) is 141 cm³/mol. The summed E-state index contributed by atoms with van der Waals surface area (Å²) in [5.74, 6) is 0.158. The summed E-state index contributed by atoms with van der Waals surface area (Å²) in [5.41, 5.74) is 0.636. The van der Waals surface area contributed by atoms with E-state index in [0.717, 1.165) is 11.1 Å². The maximum atomic E-state index is 14.2. The molecule has 0 spiro atoms. The molecule has 1 aliphatic rings. The number of aromatic hydroxyl groups is 1. The topological polar surface area (TPSA) is 65.7 Å². The third kappa shape index (κ3) is 4.48. The lowest BCUT2D eigenvalue weighted by molar-refractivity contribution is -0.0282. The van der Waals surface area contributed by atoms with Crippen LogP contribution in [0.4, 0.5) is 0 Å². The summed E-state index contributed by atoms with van der Waals surface area (Å²) in [7, 11) is 0. The number of carbonyl (C=O) groups is 1. The van der Waals surface area contributed by atoms with E-state index in [0.29, 0.717) is 44.5 Å². The van der Waals surface area contributed by atoms with Gasteiger partial charge < -0.3 is 15.1 Å². The molecular weight excluding hydrogens is 448 g/mol. The molecule has 0 amide bonds. The number of phenolic OH excluding ortho intramolecular Hbond substituents is 1. The van der Waals surface area contributed by atoms with Crippen molar-refractivity contribution in [1.29, 1.82) is 0 Å². The van der Waals surface area contributed by atoms with Gasteiger partial charge in [-0.15, -0.1) is 0 Å². The highest BCUT2D eigenvalue weighted by Gasteiger charge is 2.43. The average molecular weight is 481 g/mol. The van der Waals surface area contributed by atoms with Gasteiger partial charge in [-0.05, 0) is 55.1 Å². The molecule has 0 bridgehead atoms. The zero-order chi connectivity index (χ0) is 25.0. The number of para-hydroxylation sites is 1. The highest BCUT2D eigenvalue weighted by Crippen LogP contribution is 2.40. The standard InChI is InChI=1S/C31H32N2O3/c34-28-16-8-7-15-27(28)30(36)17-22-32(23-18-30)24-19-31(25-11-3-1-4-12-25,26-13-5-2-6-14-26)29(35)33-20-9-10-21-33/h1-16,20-21,34,36H,17-19,22-24H2. The summed E-state index contributed by atoms with van der Waals surface area (Å²) in [4.78, 5) is 16.5. The van der Waals surface area contributed by atoms with E-state index >= 15 is 0 Å². The first-order valence-corrected chi connectivity index (χ1v) is 12.5. The summed E-state index contributed by atoms with van der Waals surface area (Å²) >= 11 is 0. The van der Waals surface area contributed by atoms with Crippen LogP contribution in [0.3, 0.4) is 0 Å². The Morgan fingerprint density at radius 2 is 1.31 bits per heavy atom. The molecule has 1 aromatic heterocycles. The number of piperidine rings is 1. The number of aromatic nitrogens is 1. The first-order valence-electron chi connectivity index (χ1n) is 12.5. The Hall–Kier alpha value is -3.67. The minimum atomic E-state index is -1.04. The highest BCUT2D eigenvalue weighted by atomic mass is 16.3. The van der Waals surface area contributed by atoms with E-state index in [1.54, 1.807) is 22.8 Å². The van der Waals surface area contributed by atoms with Gasteiger partial charge in [-0.1, -0.05) is 78.9 Å². The van der Waals surface area contributed by atoms with Gasteiger partial charge in [-0.2, -0.15) is 0 Å². The first kappa shape index (κ1) is 24.0. The van der Waals surface area contributed by atoms with Gasteiger partial charge in [0.1, 0.15) is 11.2 Å². The molecule has 5 rings (SSSR count). The van der Waals surface area contributed by atoms with Gasteiger partial charge >= 0.3 is 0 Å². The fraction of sp³-hybridized carbons (Fsp3) is 0.258. The van der Waals surface area contributed by atoms with E-state index in [1.807, 2.05) is 91.3 Å². The van der Waals surface area contributed by atoms with Crippen molar-refractivity contribution in [1.82, 2.24) is 9.47 Å². The minimum Gasteiger partial charge on any atom is -0.508 e. The molecule has 184 valence electrons. The Kier molecular flexibility index (Phi) is 6.77. The molecule has 2 N–H and O–H groups in total. The van der Waals surface area contributed by atoms with Crippen LogP contribution in [0.1, 0.15) is 40.7 Å². The molecule has 2 heterocycles. The largest absolute Gasteiger partial charge is 0.508 e. The van der Waals surface area contributed by atoms with Crippen LogP contribution in [0.25, 0.3) is 0 Å². The van der Waals surface area contributed by atoms with Crippen LogP contribution >= 0.6 is 0 Å². The van der Waals surface area contributed by atoms with Crippen molar-refractivity contribution in [2.75, 3.05) is 19.6 Å². The van der Waals surface area contributed by atoms with E-state index in [9.17, 15) is 15.0 Å². The quantitative estimate of drug-likeness (QED) is 0.382. The Bertz CT molecular complexity index is 1240. The number of likely N-dealkylation sites (tertiary alicyclic amines) is 1. The minimum absolute atomic E-state index is 0.0209. The molecule has 36 heavy (non-hydrogen) atoms. The fourth-order valence-electron chi connectivity index (χ4n) is 5.55. The van der Waals surface area contributed by atoms with E-state index in [1.165, 1.54) is 0 Å². The van der Waals surface area contributed by atoms with Gasteiger partial charge in [0.25, 0.3) is 0 Å². The highest BCUT2D eigenvalue weighted by molar-refractivity contribution is 5.94. The lowest BCUT2D eigenvalue weighted by atomic mass is 9.70. The Morgan fingerprint density at radius 1 is 0.778 bits per heavy atom. The van der Waals surface area contributed by atoms with Crippen LogP contribution in [0.2, 0.25) is 0 Å². The lowest BCUT2D eigenvalue weighted by Gasteiger charge is -2.41. The molecule has 5 heteroatoms. The zero-order valence-electron chi connectivity index (χ0n) is 20.3. The van der Waals surface area contributed by atoms with Crippen molar-refractivity contribution in [3.63, 3.8) is 0 Å². The van der Waals surface area contributed by atoms with Crippen LogP contribution in [0.5, 0.6) is 5.75 Å². The number of rotatable bonds is 7. The van der Waals surface area contributed by atoms with Crippen LogP contribution in [0.15, 0.2) is 109 Å². The molecule has 1 saturated heterocycles. The number of phenols is 1. The van der Waals surface area contributed by atoms with Crippen molar-refractivity contribution in [3.05, 3.63) is 126 Å². The van der Waals surface area contributed by atoms with Gasteiger partial charge in [0.05, 0.1) is 5.60 Å². The van der Waals surface area contributed by atoms with Gasteiger partial charge in [-0.3, -0.25) is 9.36 Å². The normalized spacial score (nSPS) is 16.0. The third-order valence-electron chi connectivity index (χ3n) is 7.63. The van der Waals surface area contributed by atoms with Crippen molar-refractivity contribution in [3.8, 4) is 5.75 Å². The second-order valence-electron chi connectivity index (χ2n) is 9.67. The predicted octanol–water partition coefficient (Wildman–Crippen LogP) is 5.19. The average Bonchev–Trinajstić information content (AvgIpc) is 3.47. The van der Waals surface area contributed by atoms with Crippen molar-refractivity contribution < 1.29 is 15.0 Å². The Morgan fingerprint density at radius 3 is 1.86 bits per heavy atom. The van der Waals surface area contributed by atoms with E-state index in [2.05, 4.69) is 4.90 Å². The van der Waals surface area contributed by atoms with E-state index in [-0.39, 0.29) is 11.7 Å². The van der Waals surface area contributed by atoms with Gasteiger partial charge in [0, 0.05) is 31.0 Å². The molecule has 0 aliphatic carbocycles. The number of benzene rings is 3. The molecule has 0 atom stereocenters. The summed E-state index contributed by atoms with van der Waals surface area (Å²) in [6.07, 6.45) is 5.29. The molecule has 0 unspecified atom stereocenters. The van der Waals surface area contributed by atoms with Crippen molar-refractivity contribution in [2.45, 2.75) is 30.3 Å². The number of hydrogen-bond acceptors (Lipinski definition) is 4. The van der Waals surface area contributed by atoms with Gasteiger partial charge in [-0.25, -0.2) is 0 Å². The Balaban J connectivity index is 1.44. The molecule has 0 radical (unpaired) electrons. The number of nitrogens with zero attached hydrogens (tertiary/aromatic N) is 2. The van der Waals surface area contributed by atoms with Crippen LogP contribution in [0, 0.1) is 0 Å². The monoisotopic (exact) mass is 480 g/mol. The van der Waals surface area contributed by atoms with Crippen LogP contribution in [-0.4, -0.2) is 45.2 Å². The molecule has 0 saturated carbocycles. The summed E-state index contributed by atoms with van der Waals surface area (Å²) in [6, 6.07) is 30.9. The third-order valence-corrected chi connectivity index (χ3v) is 7.63. The second kappa shape index (κ2) is 10.1. The summed E-state index contributed by atoms with van der Waals surface area (Å²) in [6.45, 7) is 2.07. The van der Waals surface area contributed by atoms with E-state index < -0.39 is 11.0 Å². The number of carbonyl (C=O) groups excluding carboxylic acids is 1. The zero-order valence-corrected chi connectivity index (χ0v) is 20.3. The van der Waals surface area contributed by atoms with E-state index in [4.69, 9.17) is 0 Å². The maximum absolute atomic E-state index is 14.2. The SMILES string of the molecule is O=C(n1cccc1)C(CCN1CCC(O)(c2ccccc2O)CC1)(c1ccccc1)c1ccccc1. The number of hydrogen-bond donors (Lipinski definition) is 2. The molecule has 1 fully saturated rings. The lowest BCUT2D eigenvalue weighted by Crippen LogP contribution is -2.47. The van der Waals surface area contributed by atoms with Crippen LogP contribution < -0.4 is 0 Å². The summed E-state index contributed by atoms with van der Waals surface area (Å²) < 4.78 is 1.69. The molecule has 3 aromatic carbocycles. The van der Waals surface area contributed by atoms with Gasteiger partial charge in [0.15, 0.2) is 0 Å². The molecule has 4 aromatic rings. The van der Waals surface area contributed by atoms with Crippen molar-refractivity contribution >= 4 is 5.91 Å². The first-order chi connectivity index (χ1) is 17.5. The molecule has 1 aliphatic heterocycles. The van der Waals surface area contributed by atoms with Crippen molar-refractivity contribution in [2.24, 2.45) is 0 Å². The smallest absolute Gasteiger partial charge is 0.245 e. The fourth-order valence-corrected chi connectivity index (χ4v) is 5.55. The molecular formula is C31H32N2O3. The van der Waals surface area contributed by atoms with Gasteiger partial charge in [0.2, 0.25) is 5.91 Å². The summed E-state index contributed by atoms with van der Waals surface area (Å²) in [5, 5.41) is 21.6. The second-order valence-corrected chi connectivity index (χ2v) is 9.67. The Labute approximate surface area is 212 Å². The molecule has 5 nitrogen and oxygen atoms in total.